The molecular formula is C18H20FN3O2. The summed E-state index contributed by atoms with van der Waals surface area (Å²) in [4.78, 5) is 25.2. The van der Waals surface area contributed by atoms with Crippen molar-refractivity contribution in [2.45, 2.75) is 19.5 Å². The number of amides is 2. The van der Waals surface area contributed by atoms with Gasteiger partial charge in [0.25, 0.3) is 0 Å². The minimum atomic E-state index is -0.527. The van der Waals surface area contributed by atoms with Crippen LogP contribution in [0.25, 0.3) is 0 Å². The molecule has 2 aromatic rings. The van der Waals surface area contributed by atoms with Gasteiger partial charge in [-0.05, 0) is 42.8 Å². The van der Waals surface area contributed by atoms with E-state index in [1.54, 1.807) is 50.4 Å². The van der Waals surface area contributed by atoms with Crippen LogP contribution in [0.3, 0.4) is 0 Å². The molecule has 126 valence electrons. The number of nitrogens with one attached hydrogen (secondary N) is 1. The van der Waals surface area contributed by atoms with E-state index >= 15 is 0 Å². The lowest BCUT2D eigenvalue weighted by atomic mass is 10.1. The van der Waals surface area contributed by atoms with Crippen LogP contribution in [-0.2, 0) is 11.3 Å². The molecule has 0 heterocycles. The van der Waals surface area contributed by atoms with Gasteiger partial charge in [-0.25, -0.2) is 4.39 Å². The first-order chi connectivity index (χ1) is 11.4. The lowest BCUT2D eigenvalue weighted by molar-refractivity contribution is -0.130. The average molecular weight is 329 g/mol. The zero-order valence-corrected chi connectivity index (χ0v) is 13.6. The Hall–Kier alpha value is -2.89. The van der Waals surface area contributed by atoms with Gasteiger partial charge < -0.3 is 16.0 Å². The first kappa shape index (κ1) is 17.5. The molecular weight excluding hydrogens is 309 g/mol. The van der Waals surface area contributed by atoms with Crippen molar-refractivity contribution in [2.75, 3.05) is 12.4 Å². The number of carbonyl (C=O) groups excluding carboxylic acids is 2. The van der Waals surface area contributed by atoms with Gasteiger partial charge in [0.1, 0.15) is 11.9 Å². The minimum absolute atomic E-state index is 0.149. The highest BCUT2D eigenvalue weighted by molar-refractivity contribution is 5.94. The highest BCUT2D eigenvalue weighted by atomic mass is 19.1. The van der Waals surface area contributed by atoms with Gasteiger partial charge in [-0.3, -0.25) is 9.59 Å². The van der Waals surface area contributed by atoms with E-state index in [1.807, 2.05) is 0 Å². The van der Waals surface area contributed by atoms with Crippen molar-refractivity contribution >= 4 is 17.5 Å². The standard InChI is InChI=1S/C18H20FN3O2/c1-12(21-16-8-4-6-14(10-16)17(20)23)18(24)22(2)11-13-5-3-7-15(19)9-13/h3-10,12,21H,11H2,1-2H3,(H2,20,23). The van der Waals surface area contributed by atoms with Gasteiger partial charge in [-0.15, -0.1) is 0 Å². The number of likely N-dealkylation sites (N-methyl/N-ethyl adjacent to an activating group) is 1. The maximum Gasteiger partial charge on any atom is 0.248 e. The van der Waals surface area contributed by atoms with Crippen molar-refractivity contribution < 1.29 is 14.0 Å². The summed E-state index contributed by atoms with van der Waals surface area (Å²) in [6.45, 7) is 2.03. The molecule has 0 saturated carbocycles. The molecule has 3 N–H and O–H groups in total. The Bertz CT molecular complexity index is 749. The van der Waals surface area contributed by atoms with Crippen LogP contribution in [0.4, 0.5) is 10.1 Å². The predicted octanol–water partition coefficient (Wildman–Crippen LogP) is 2.38. The number of nitrogens with zero attached hydrogens (tertiary/aromatic N) is 1. The van der Waals surface area contributed by atoms with E-state index in [2.05, 4.69) is 5.32 Å². The molecule has 0 fully saturated rings. The van der Waals surface area contributed by atoms with Crippen molar-refractivity contribution in [1.29, 1.82) is 0 Å². The largest absolute Gasteiger partial charge is 0.374 e. The summed E-state index contributed by atoms with van der Waals surface area (Å²) in [5, 5.41) is 3.04. The summed E-state index contributed by atoms with van der Waals surface area (Å²) in [6.07, 6.45) is 0. The number of halogens is 1. The van der Waals surface area contributed by atoms with Crippen LogP contribution in [0.5, 0.6) is 0 Å². The molecule has 0 radical (unpaired) electrons. The normalized spacial score (nSPS) is 11.6. The predicted molar refractivity (Wildman–Crippen MR) is 90.9 cm³/mol. The molecule has 0 aliphatic heterocycles. The highest BCUT2D eigenvalue weighted by Gasteiger charge is 2.18. The van der Waals surface area contributed by atoms with Crippen LogP contribution >= 0.6 is 0 Å². The van der Waals surface area contributed by atoms with Gasteiger partial charge in [0.15, 0.2) is 0 Å². The molecule has 0 aliphatic rings. The number of hydrogen-bond donors (Lipinski definition) is 2. The second kappa shape index (κ2) is 7.59. The van der Waals surface area contributed by atoms with Gasteiger partial charge in [0.2, 0.25) is 11.8 Å². The topological polar surface area (TPSA) is 75.4 Å². The molecule has 0 aliphatic carbocycles. The van der Waals surface area contributed by atoms with Gasteiger partial charge in [0.05, 0.1) is 0 Å². The van der Waals surface area contributed by atoms with Gasteiger partial charge in [-0.2, -0.15) is 0 Å². The molecule has 0 bridgehead atoms. The molecule has 6 heteroatoms. The molecule has 0 aromatic heterocycles. The maximum atomic E-state index is 13.2. The van der Waals surface area contributed by atoms with Crippen LogP contribution in [0.15, 0.2) is 48.5 Å². The smallest absolute Gasteiger partial charge is 0.248 e. The number of hydrogen-bond acceptors (Lipinski definition) is 3. The van der Waals surface area contributed by atoms with Crippen LogP contribution in [0.1, 0.15) is 22.8 Å². The SMILES string of the molecule is CC(Nc1cccc(C(N)=O)c1)C(=O)N(C)Cc1cccc(F)c1. The summed E-state index contributed by atoms with van der Waals surface area (Å²) in [5.41, 5.74) is 6.96. The number of carbonyl (C=O) groups is 2. The van der Waals surface area contributed by atoms with Gasteiger partial charge in [0, 0.05) is 24.8 Å². The van der Waals surface area contributed by atoms with E-state index in [0.717, 1.165) is 0 Å². The van der Waals surface area contributed by atoms with Crippen molar-refractivity contribution in [3.63, 3.8) is 0 Å². The number of rotatable bonds is 6. The third kappa shape index (κ3) is 4.55. The van der Waals surface area contributed by atoms with Gasteiger partial charge >= 0.3 is 0 Å². The molecule has 2 amide bonds. The van der Waals surface area contributed by atoms with Gasteiger partial charge in [-0.1, -0.05) is 18.2 Å². The van der Waals surface area contributed by atoms with Crippen molar-refractivity contribution in [3.05, 3.63) is 65.5 Å². The summed E-state index contributed by atoms with van der Waals surface area (Å²) in [7, 11) is 1.66. The van der Waals surface area contributed by atoms with E-state index in [-0.39, 0.29) is 11.7 Å². The second-order valence-electron chi connectivity index (χ2n) is 5.64. The van der Waals surface area contributed by atoms with E-state index in [1.165, 1.54) is 17.0 Å². The Morgan fingerprint density at radius 1 is 1.21 bits per heavy atom. The third-order valence-electron chi connectivity index (χ3n) is 3.59. The fraction of sp³-hybridized carbons (Fsp3) is 0.222. The summed E-state index contributed by atoms with van der Waals surface area (Å²) in [5.74, 6) is -1.01. The molecule has 0 saturated heterocycles. The zero-order chi connectivity index (χ0) is 17.7. The van der Waals surface area contributed by atoms with Crippen LogP contribution in [-0.4, -0.2) is 29.8 Å². The summed E-state index contributed by atoms with van der Waals surface area (Å²) in [6, 6.07) is 12.3. The molecule has 1 atom stereocenters. The van der Waals surface area contributed by atoms with E-state index in [4.69, 9.17) is 5.73 Å². The fourth-order valence-corrected chi connectivity index (χ4v) is 2.39. The Balaban J connectivity index is 2.00. The molecule has 5 nitrogen and oxygen atoms in total. The lowest BCUT2D eigenvalue weighted by Crippen LogP contribution is -2.38. The lowest BCUT2D eigenvalue weighted by Gasteiger charge is -2.23. The molecule has 0 spiro atoms. The Morgan fingerprint density at radius 3 is 2.58 bits per heavy atom. The molecule has 24 heavy (non-hydrogen) atoms. The number of anilines is 1. The molecule has 2 rings (SSSR count). The molecule has 2 aromatic carbocycles. The Labute approximate surface area is 140 Å². The number of benzene rings is 2. The number of nitrogens with two attached hydrogens (primary N) is 1. The van der Waals surface area contributed by atoms with E-state index in [9.17, 15) is 14.0 Å². The first-order valence-corrected chi connectivity index (χ1v) is 7.52. The van der Waals surface area contributed by atoms with E-state index in [0.29, 0.717) is 23.4 Å². The zero-order valence-electron chi connectivity index (χ0n) is 13.6. The van der Waals surface area contributed by atoms with Crippen LogP contribution < -0.4 is 11.1 Å². The summed E-state index contributed by atoms with van der Waals surface area (Å²) < 4.78 is 13.2. The summed E-state index contributed by atoms with van der Waals surface area (Å²) >= 11 is 0. The molecule has 1 unspecified atom stereocenters. The Kier molecular flexibility index (Phi) is 5.52. The van der Waals surface area contributed by atoms with Crippen molar-refractivity contribution in [1.82, 2.24) is 4.90 Å². The number of primary amides is 1. The first-order valence-electron chi connectivity index (χ1n) is 7.52. The van der Waals surface area contributed by atoms with E-state index < -0.39 is 11.9 Å². The van der Waals surface area contributed by atoms with Crippen LogP contribution in [0, 0.1) is 5.82 Å². The second-order valence-corrected chi connectivity index (χ2v) is 5.64. The monoisotopic (exact) mass is 329 g/mol. The quantitative estimate of drug-likeness (QED) is 0.854. The third-order valence-corrected chi connectivity index (χ3v) is 3.59. The highest BCUT2D eigenvalue weighted by Crippen LogP contribution is 2.13. The average Bonchev–Trinajstić information content (AvgIpc) is 2.54. The Morgan fingerprint density at radius 2 is 1.92 bits per heavy atom. The minimum Gasteiger partial charge on any atom is -0.374 e. The van der Waals surface area contributed by atoms with Crippen LogP contribution in [0.2, 0.25) is 0 Å². The maximum absolute atomic E-state index is 13.2. The van der Waals surface area contributed by atoms with Crippen molar-refractivity contribution in [3.8, 4) is 0 Å². The van der Waals surface area contributed by atoms with Crippen molar-refractivity contribution in [2.24, 2.45) is 5.73 Å². The fourth-order valence-electron chi connectivity index (χ4n) is 2.39.